The second-order valence-corrected chi connectivity index (χ2v) is 9.62. The van der Waals surface area contributed by atoms with E-state index in [1.807, 2.05) is 24.3 Å². The van der Waals surface area contributed by atoms with Crippen LogP contribution in [-0.4, -0.2) is 36.7 Å². The average Bonchev–Trinajstić information content (AvgIpc) is 3.50. The summed E-state index contributed by atoms with van der Waals surface area (Å²) in [6.07, 6.45) is 3.25. The highest BCUT2D eigenvalue weighted by molar-refractivity contribution is 8.04. The summed E-state index contributed by atoms with van der Waals surface area (Å²) in [6.45, 7) is -0.0212. The van der Waals surface area contributed by atoms with E-state index in [-0.39, 0.29) is 22.5 Å². The topological polar surface area (TPSA) is 113 Å². The fraction of sp³-hybridized carbons (Fsp3) is 0.0370. The van der Waals surface area contributed by atoms with Crippen LogP contribution < -0.4 is 5.32 Å². The number of carboxylic acid groups (broad SMARTS) is 1. The largest absolute Gasteiger partial charge is 0.477 e. The molecule has 0 saturated heterocycles. The molecular weight excluding hydrogens is 529 g/mol. The van der Waals surface area contributed by atoms with Crippen LogP contribution in [0.5, 0.6) is 0 Å². The van der Waals surface area contributed by atoms with Gasteiger partial charge < -0.3 is 15.0 Å². The first-order chi connectivity index (χ1) is 18.4. The van der Waals surface area contributed by atoms with Gasteiger partial charge in [0.2, 0.25) is 11.1 Å². The number of para-hydroxylation sites is 1. The number of thioether (sulfide) groups is 1. The lowest BCUT2D eigenvalue weighted by Crippen LogP contribution is -2.18. The van der Waals surface area contributed by atoms with Crippen molar-refractivity contribution in [3.63, 3.8) is 0 Å². The van der Waals surface area contributed by atoms with Crippen LogP contribution in [0.1, 0.15) is 5.56 Å². The van der Waals surface area contributed by atoms with Gasteiger partial charge in [0, 0.05) is 38.9 Å². The zero-order valence-corrected chi connectivity index (χ0v) is 21.1. The number of rotatable bonds is 8. The minimum atomic E-state index is -1.14. The van der Waals surface area contributed by atoms with Gasteiger partial charge in [-0.05, 0) is 72.4 Å². The van der Waals surface area contributed by atoms with Crippen LogP contribution in [0.2, 0.25) is 5.02 Å². The van der Waals surface area contributed by atoms with Crippen LogP contribution in [0.4, 0.5) is 10.1 Å². The average molecular weight is 548 g/mol. The van der Waals surface area contributed by atoms with Crippen LogP contribution in [-0.2, 0) is 16.1 Å². The van der Waals surface area contributed by atoms with E-state index < -0.39 is 11.8 Å². The molecule has 0 fully saturated rings. The van der Waals surface area contributed by atoms with Crippen LogP contribution in [0.15, 0.2) is 89.1 Å². The van der Waals surface area contributed by atoms with Crippen molar-refractivity contribution in [3.05, 3.63) is 100 Å². The lowest BCUT2D eigenvalue weighted by atomic mass is 10.1. The Hall–Kier alpha value is -4.41. The van der Waals surface area contributed by atoms with Gasteiger partial charge in [-0.1, -0.05) is 29.8 Å². The second-order valence-electron chi connectivity index (χ2n) is 8.17. The monoisotopic (exact) mass is 547 g/mol. The number of aromatic amines is 1. The first-order valence-electron chi connectivity index (χ1n) is 11.3. The van der Waals surface area contributed by atoms with E-state index in [1.54, 1.807) is 35.0 Å². The minimum absolute atomic E-state index is 0.00493. The fourth-order valence-corrected chi connectivity index (χ4v) is 4.64. The molecule has 0 saturated carbocycles. The number of carbonyl (C=O) groups excluding carboxylic acids is 1. The van der Waals surface area contributed by atoms with Gasteiger partial charge in [0.15, 0.2) is 5.82 Å². The summed E-state index contributed by atoms with van der Waals surface area (Å²) in [5, 5.41) is 21.2. The zero-order chi connectivity index (χ0) is 26.6. The first-order valence-corrected chi connectivity index (χ1v) is 12.5. The van der Waals surface area contributed by atoms with Crippen molar-refractivity contribution >= 4 is 57.9 Å². The normalized spacial score (nSPS) is 11.6. The van der Waals surface area contributed by atoms with Crippen molar-refractivity contribution in [2.45, 2.75) is 11.7 Å². The third-order valence-corrected chi connectivity index (χ3v) is 6.67. The Kier molecular flexibility index (Phi) is 7.25. The molecule has 0 aliphatic heterocycles. The maximum Gasteiger partial charge on any atom is 0.342 e. The van der Waals surface area contributed by atoms with Crippen molar-refractivity contribution in [1.29, 1.82) is 0 Å². The number of amides is 1. The highest BCUT2D eigenvalue weighted by Gasteiger charge is 2.17. The van der Waals surface area contributed by atoms with E-state index in [1.165, 1.54) is 30.3 Å². The number of aliphatic carboxylic acids is 1. The summed E-state index contributed by atoms with van der Waals surface area (Å²) in [7, 11) is 0. The number of fused-ring (bicyclic) bond motifs is 1. The van der Waals surface area contributed by atoms with Gasteiger partial charge in [0.25, 0.3) is 0 Å². The summed E-state index contributed by atoms with van der Waals surface area (Å²) in [5.74, 6) is -1.36. The van der Waals surface area contributed by atoms with E-state index >= 15 is 0 Å². The standard InChI is InChI=1S/C27H19ClFN5O3S/c28-18-7-5-16(6-8-18)25-31-27(33-32-25)38-23(26(36)37)13-17-14-34(22-4-2-1-3-21(17)22)15-24(35)30-20-11-9-19(29)10-12-20/h1-14H,15H2,(H,30,35)(H,36,37)(H,31,32,33)/b23-13-. The molecule has 8 nitrogen and oxygen atoms in total. The number of nitrogens with one attached hydrogen (secondary N) is 2. The fourth-order valence-electron chi connectivity index (χ4n) is 3.81. The molecule has 3 N–H and O–H groups in total. The van der Waals surface area contributed by atoms with Gasteiger partial charge in [-0.15, -0.1) is 5.10 Å². The summed E-state index contributed by atoms with van der Waals surface area (Å²) in [6, 6.07) is 19.9. The van der Waals surface area contributed by atoms with Crippen LogP contribution in [0.3, 0.4) is 0 Å². The number of hydrogen-bond acceptors (Lipinski definition) is 5. The molecule has 1 amide bonds. The Morgan fingerprint density at radius 3 is 2.55 bits per heavy atom. The molecule has 0 bridgehead atoms. The van der Waals surface area contributed by atoms with E-state index in [9.17, 15) is 19.1 Å². The van der Waals surface area contributed by atoms with Crippen molar-refractivity contribution < 1.29 is 19.1 Å². The molecule has 2 heterocycles. The van der Waals surface area contributed by atoms with Crippen molar-refractivity contribution in [2.75, 3.05) is 5.32 Å². The Bertz CT molecular complexity index is 1660. The molecule has 2 aromatic heterocycles. The van der Waals surface area contributed by atoms with Gasteiger partial charge in [0.1, 0.15) is 17.3 Å². The number of H-pyrrole nitrogens is 1. The predicted octanol–water partition coefficient (Wildman–Crippen LogP) is 6.08. The van der Waals surface area contributed by atoms with Gasteiger partial charge in [-0.3, -0.25) is 9.89 Å². The summed E-state index contributed by atoms with van der Waals surface area (Å²) >= 11 is 6.85. The Morgan fingerprint density at radius 1 is 1.08 bits per heavy atom. The maximum absolute atomic E-state index is 13.2. The van der Waals surface area contributed by atoms with Gasteiger partial charge in [-0.25, -0.2) is 14.2 Å². The molecular formula is C27H19ClFN5O3S. The van der Waals surface area contributed by atoms with Gasteiger partial charge in [0.05, 0.1) is 0 Å². The van der Waals surface area contributed by atoms with E-state index in [0.717, 1.165) is 28.2 Å². The highest BCUT2D eigenvalue weighted by atomic mass is 35.5. The third-order valence-electron chi connectivity index (χ3n) is 5.54. The number of benzene rings is 3. The number of anilines is 1. The quantitative estimate of drug-likeness (QED) is 0.160. The predicted molar refractivity (Wildman–Crippen MR) is 145 cm³/mol. The van der Waals surface area contributed by atoms with Gasteiger partial charge >= 0.3 is 5.97 Å². The number of carbonyl (C=O) groups is 2. The number of nitrogens with zero attached hydrogens (tertiary/aromatic N) is 3. The maximum atomic E-state index is 13.2. The van der Waals surface area contributed by atoms with Crippen LogP contribution >= 0.6 is 23.4 Å². The van der Waals surface area contributed by atoms with Crippen molar-refractivity contribution in [1.82, 2.24) is 19.7 Å². The zero-order valence-electron chi connectivity index (χ0n) is 19.6. The molecule has 0 unspecified atom stereocenters. The Labute approximate surface area is 225 Å². The number of carboxylic acids is 1. The summed E-state index contributed by atoms with van der Waals surface area (Å²) < 4.78 is 14.9. The minimum Gasteiger partial charge on any atom is -0.477 e. The molecule has 0 spiro atoms. The molecule has 190 valence electrons. The van der Waals surface area contributed by atoms with Crippen molar-refractivity contribution in [3.8, 4) is 11.4 Å². The third kappa shape index (κ3) is 5.77. The van der Waals surface area contributed by atoms with E-state index in [0.29, 0.717) is 22.1 Å². The first kappa shape index (κ1) is 25.2. The number of aromatic nitrogens is 4. The number of halogens is 2. The SMILES string of the molecule is O=C(Cn1cc(/C=C(\Sc2n[nH]c(-c3ccc(Cl)cc3)n2)C(=O)O)c2ccccc21)Nc1ccc(F)cc1. The van der Waals surface area contributed by atoms with Crippen LogP contribution in [0, 0.1) is 5.82 Å². The smallest absolute Gasteiger partial charge is 0.342 e. The molecule has 0 aliphatic carbocycles. The lowest BCUT2D eigenvalue weighted by molar-refractivity contribution is -0.131. The van der Waals surface area contributed by atoms with Gasteiger partial charge in [-0.2, -0.15) is 0 Å². The Balaban J connectivity index is 1.40. The van der Waals surface area contributed by atoms with Crippen LogP contribution in [0.25, 0.3) is 28.4 Å². The molecule has 3 aromatic carbocycles. The second kappa shape index (κ2) is 10.9. The Morgan fingerprint density at radius 2 is 1.82 bits per heavy atom. The molecule has 11 heteroatoms. The van der Waals surface area contributed by atoms with E-state index in [4.69, 9.17) is 11.6 Å². The van der Waals surface area contributed by atoms with E-state index in [2.05, 4.69) is 20.5 Å². The molecule has 0 aliphatic rings. The number of hydrogen-bond donors (Lipinski definition) is 3. The highest BCUT2D eigenvalue weighted by Crippen LogP contribution is 2.31. The lowest BCUT2D eigenvalue weighted by Gasteiger charge is -2.07. The molecule has 0 radical (unpaired) electrons. The molecule has 38 heavy (non-hydrogen) atoms. The summed E-state index contributed by atoms with van der Waals surface area (Å²) in [5.41, 5.74) is 2.61. The molecule has 5 aromatic rings. The molecule has 0 atom stereocenters. The summed E-state index contributed by atoms with van der Waals surface area (Å²) in [4.78, 5) is 29.2. The van der Waals surface area contributed by atoms with Crippen molar-refractivity contribution in [2.24, 2.45) is 0 Å². The molecule has 5 rings (SSSR count).